The van der Waals surface area contributed by atoms with Gasteiger partial charge in [-0.2, -0.15) is 0 Å². The highest BCUT2D eigenvalue weighted by atomic mass is 15.0. The van der Waals surface area contributed by atoms with Gasteiger partial charge in [-0.3, -0.25) is 0 Å². The van der Waals surface area contributed by atoms with Gasteiger partial charge in [0.1, 0.15) is 0 Å². The van der Waals surface area contributed by atoms with E-state index in [-0.39, 0.29) is 0 Å². The molecule has 5 heteroatoms. The molecule has 5 nitrogen and oxygen atoms in total. The summed E-state index contributed by atoms with van der Waals surface area (Å²) in [5, 5.41) is 0. The maximum atomic E-state index is 5.24. The molecule has 0 amide bonds. The first-order chi connectivity index (χ1) is 29.7. The maximum Gasteiger partial charge on any atom is 0.164 e. The monoisotopic (exact) mass is 767 g/mol. The molecule has 0 saturated carbocycles. The van der Waals surface area contributed by atoms with Gasteiger partial charge in [-0.25, -0.2) is 24.9 Å². The van der Waals surface area contributed by atoms with E-state index < -0.39 is 0 Å². The van der Waals surface area contributed by atoms with Crippen molar-refractivity contribution in [3.63, 3.8) is 0 Å². The third-order valence-electron chi connectivity index (χ3n) is 10.5. The second-order valence-corrected chi connectivity index (χ2v) is 14.5. The summed E-state index contributed by atoms with van der Waals surface area (Å²) in [6.45, 7) is 0. The molecule has 2 aromatic heterocycles. The van der Waals surface area contributed by atoms with Gasteiger partial charge in [-0.15, -0.1) is 0 Å². The Kier molecular flexibility index (Phi) is 9.88. The second kappa shape index (κ2) is 16.4. The van der Waals surface area contributed by atoms with Crippen LogP contribution in [0.15, 0.2) is 224 Å². The van der Waals surface area contributed by atoms with Crippen molar-refractivity contribution in [1.29, 1.82) is 0 Å². The zero-order valence-corrected chi connectivity index (χ0v) is 32.6. The van der Waals surface area contributed by atoms with Gasteiger partial charge in [0.25, 0.3) is 0 Å². The maximum absolute atomic E-state index is 5.24. The molecule has 0 unspecified atom stereocenters. The Balaban J connectivity index is 1.18. The third kappa shape index (κ3) is 7.63. The smallest absolute Gasteiger partial charge is 0.164 e. The van der Waals surface area contributed by atoms with E-state index in [1.54, 1.807) is 0 Å². The van der Waals surface area contributed by atoms with Gasteiger partial charge in [0, 0.05) is 33.4 Å². The normalized spacial score (nSPS) is 11.0. The molecule has 0 bridgehead atoms. The van der Waals surface area contributed by atoms with Crippen molar-refractivity contribution in [1.82, 2.24) is 24.9 Å². The Labute approximate surface area is 349 Å². The number of hydrogen-bond acceptors (Lipinski definition) is 5. The van der Waals surface area contributed by atoms with Crippen molar-refractivity contribution in [2.45, 2.75) is 0 Å². The highest BCUT2D eigenvalue weighted by Crippen LogP contribution is 2.40. The van der Waals surface area contributed by atoms with Gasteiger partial charge >= 0.3 is 0 Å². The number of benzene rings is 8. The molecule has 10 aromatic rings. The Morgan fingerprint density at radius 2 is 0.550 bits per heavy atom. The fourth-order valence-electron chi connectivity index (χ4n) is 7.53. The summed E-state index contributed by atoms with van der Waals surface area (Å²) >= 11 is 0. The first kappa shape index (κ1) is 36.2. The lowest BCUT2D eigenvalue weighted by Gasteiger charge is -2.16. The van der Waals surface area contributed by atoms with Crippen LogP contribution in [0.25, 0.3) is 101 Å². The van der Waals surface area contributed by atoms with Crippen molar-refractivity contribution in [3.05, 3.63) is 224 Å². The SMILES string of the molecule is c1ccc(-c2cc(-c3cc(-c4ccccc4)nc(-c4ccccc4)n3)cc(-c3ccc(-c4nc(-c5ccccc5)nc(-c5ccccc5)n4)cc3-c3ccccc3)c2)cc1. The molecule has 0 saturated heterocycles. The highest BCUT2D eigenvalue weighted by molar-refractivity contribution is 5.90. The minimum absolute atomic E-state index is 0.605. The summed E-state index contributed by atoms with van der Waals surface area (Å²) in [7, 11) is 0. The summed E-state index contributed by atoms with van der Waals surface area (Å²) < 4.78 is 0. The van der Waals surface area contributed by atoms with Crippen LogP contribution >= 0.6 is 0 Å². The van der Waals surface area contributed by atoms with Gasteiger partial charge in [0.2, 0.25) is 0 Å². The lowest BCUT2D eigenvalue weighted by molar-refractivity contribution is 1.07. The topological polar surface area (TPSA) is 64.5 Å². The minimum Gasteiger partial charge on any atom is -0.228 e. The molecule has 2 heterocycles. The molecular weight excluding hydrogens is 731 g/mol. The molecule has 0 radical (unpaired) electrons. The molecule has 10 rings (SSSR count). The zero-order chi connectivity index (χ0) is 40.1. The fourth-order valence-corrected chi connectivity index (χ4v) is 7.53. The first-order valence-electron chi connectivity index (χ1n) is 20.0. The van der Waals surface area contributed by atoms with Crippen molar-refractivity contribution in [2.75, 3.05) is 0 Å². The van der Waals surface area contributed by atoms with Gasteiger partial charge in [0.15, 0.2) is 23.3 Å². The lowest BCUT2D eigenvalue weighted by atomic mass is 9.89. The van der Waals surface area contributed by atoms with Crippen molar-refractivity contribution in [2.24, 2.45) is 0 Å². The Hall–Kier alpha value is -8.15. The summed E-state index contributed by atoms with van der Waals surface area (Å²) in [5.74, 6) is 2.53. The molecule has 0 aliphatic carbocycles. The Bertz CT molecular complexity index is 2930. The predicted molar refractivity (Wildman–Crippen MR) is 244 cm³/mol. The van der Waals surface area contributed by atoms with Gasteiger partial charge in [-0.1, -0.05) is 194 Å². The average molecular weight is 768 g/mol. The molecule has 0 fully saturated rings. The van der Waals surface area contributed by atoms with Crippen LogP contribution in [0, 0.1) is 0 Å². The lowest BCUT2D eigenvalue weighted by Crippen LogP contribution is -2.00. The van der Waals surface area contributed by atoms with Crippen LogP contribution in [-0.2, 0) is 0 Å². The van der Waals surface area contributed by atoms with E-state index in [4.69, 9.17) is 24.9 Å². The molecular formula is C55H37N5. The van der Waals surface area contributed by atoms with Gasteiger partial charge in [-0.05, 0) is 63.7 Å². The number of aromatic nitrogens is 5. The average Bonchev–Trinajstić information content (AvgIpc) is 3.35. The molecule has 0 N–H and O–H groups in total. The number of rotatable bonds is 9. The quantitative estimate of drug-likeness (QED) is 0.146. The van der Waals surface area contributed by atoms with Crippen LogP contribution in [0.5, 0.6) is 0 Å². The Morgan fingerprint density at radius 3 is 1.05 bits per heavy atom. The summed E-state index contributed by atoms with van der Waals surface area (Å²) in [4.78, 5) is 25.4. The molecule has 0 aliphatic rings. The van der Waals surface area contributed by atoms with Crippen LogP contribution in [-0.4, -0.2) is 24.9 Å². The first-order valence-corrected chi connectivity index (χ1v) is 20.0. The zero-order valence-electron chi connectivity index (χ0n) is 32.6. The van der Waals surface area contributed by atoms with Crippen molar-refractivity contribution in [3.8, 4) is 101 Å². The predicted octanol–water partition coefficient (Wildman–Crippen LogP) is 13.7. The van der Waals surface area contributed by atoms with E-state index in [2.05, 4.69) is 127 Å². The summed E-state index contributed by atoms with van der Waals surface area (Å²) in [6.07, 6.45) is 0. The number of nitrogens with zero attached hydrogens (tertiary/aromatic N) is 5. The Morgan fingerprint density at radius 1 is 0.183 bits per heavy atom. The van der Waals surface area contributed by atoms with E-state index in [1.807, 2.05) is 97.1 Å². The third-order valence-corrected chi connectivity index (χ3v) is 10.5. The summed E-state index contributed by atoms with van der Waals surface area (Å²) in [6, 6.07) is 77.1. The molecule has 0 atom stereocenters. The van der Waals surface area contributed by atoms with E-state index >= 15 is 0 Å². The van der Waals surface area contributed by atoms with E-state index in [0.717, 1.165) is 78.1 Å². The van der Waals surface area contributed by atoms with E-state index in [1.165, 1.54) is 0 Å². The highest BCUT2D eigenvalue weighted by Gasteiger charge is 2.18. The molecule has 282 valence electrons. The van der Waals surface area contributed by atoms with Crippen LogP contribution in [0.3, 0.4) is 0 Å². The fraction of sp³-hybridized carbons (Fsp3) is 0. The second-order valence-electron chi connectivity index (χ2n) is 14.5. The molecule has 0 spiro atoms. The van der Waals surface area contributed by atoms with Gasteiger partial charge < -0.3 is 0 Å². The largest absolute Gasteiger partial charge is 0.228 e. The van der Waals surface area contributed by atoms with Crippen molar-refractivity contribution < 1.29 is 0 Å². The van der Waals surface area contributed by atoms with Gasteiger partial charge in [0.05, 0.1) is 11.4 Å². The molecule has 0 aliphatic heterocycles. The van der Waals surface area contributed by atoms with E-state index in [0.29, 0.717) is 23.3 Å². The minimum atomic E-state index is 0.605. The van der Waals surface area contributed by atoms with Crippen LogP contribution < -0.4 is 0 Å². The molecule has 60 heavy (non-hydrogen) atoms. The standard InChI is InChI=1S/C55H37N5/c1-7-19-38(20-8-1)45-33-46(35-47(34-45)51-37-50(40-23-11-3-12-24-40)56-52(57-51)41-25-13-4-14-26-41)48-32-31-44(36-49(48)39-21-9-2-10-22-39)55-59-53(42-27-15-5-16-28-42)58-54(60-55)43-29-17-6-18-30-43/h1-37H. The summed E-state index contributed by atoms with van der Waals surface area (Å²) in [5.41, 5.74) is 13.9. The van der Waals surface area contributed by atoms with Crippen LogP contribution in [0.4, 0.5) is 0 Å². The van der Waals surface area contributed by atoms with E-state index in [9.17, 15) is 0 Å². The van der Waals surface area contributed by atoms with Crippen molar-refractivity contribution >= 4 is 0 Å². The number of hydrogen-bond donors (Lipinski definition) is 0. The van der Waals surface area contributed by atoms with Crippen LogP contribution in [0.2, 0.25) is 0 Å². The van der Waals surface area contributed by atoms with Crippen LogP contribution in [0.1, 0.15) is 0 Å². The molecule has 8 aromatic carbocycles.